The average molecular weight is 271 g/mol. The van der Waals surface area contributed by atoms with Gasteiger partial charge in [-0.3, -0.25) is 4.79 Å². The van der Waals surface area contributed by atoms with Crippen LogP contribution in [0.2, 0.25) is 0 Å². The van der Waals surface area contributed by atoms with Crippen molar-refractivity contribution in [2.75, 3.05) is 6.61 Å². The number of hydrogen-bond donors (Lipinski definition) is 1. The van der Waals surface area contributed by atoms with E-state index in [1.54, 1.807) is 0 Å². The number of dihydropyridines is 1. The number of carbonyl (C=O) groups excluding carboxylic acids is 1. The molecule has 0 radical (unpaired) electrons. The van der Waals surface area contributed by atoms with Crippen molar-refractivity contribution in [1.82, 2.24) is 5.32 Å². The van der Waals surface area contributed by atoms with Gasteiger partial charge in [-0.05, 0) is 37.3 Å². The standard InChI is InChI=1S/C16H17NO3/c1-2-19-16(18)13-10-11-6-5-9-17-15(11)20-14-8-4-3-7-12(13)14/h3-9,13,15,17H,2,10H2,1H3. The number of carbonyl (C=O) groups is 1. The first kappa shape index (κ1) is 12.8. The molecule has 1 aromatic rings. The van der Waals surface area contributed by atoms with Gasteiger partial charge in [0.1, 0.15) is 5.75 Å². The van der Waals surface area contributed by atoms with E-state index < -0.39 is 0 Å². The van der Waals surface area contributed by atoms with E-state index in [0.717, 1.165) is 16.9 Å². The Kier molecular flexibility index (Phi) is 3.46. The zero-order valence-electron chi connectivity index (χ0n) is 11.3. The molecule has 4 heteroatoms. The van der Waals surface area contributed by atoms with Crippen LogP contribution < -0.4 is 10.1 Å². The Bertz CT molecular complexity index is 577. The predicted molar refractivity (Wildman–Crippen MR) is 75.2 cm³/mol. The van der Waals surface area contributed by atoms with Crippen molar-refractivity contribution in [2.45, 2.75) is 25.5 Å². The monoisotopic (exact) mass is 271 g/mol. The molecular weight excluding hydrogens is 254 g/mol. The topological polar surface area (TPSA) is 47.6 Å². The third-order valence-corrected chi connectivity index (χ3v) is 3.54. The third-order valence-electron chi connectivity index (χ3n) is 3.54. The van der Waals surface area contributed by atoms with E-state index in [-0.39, 0.29) is 18.1 Å². The largest absolute Gasteiger partial charge is 0.467 e. The molecule has 2 unspecified atom stereocenters. The van der Waals surface area contributed by atoms with Crippen LogP contribution in [-0.4, -0.2) is 18.8 Å². The number of nitrogens with one attached hydrogen (secondary N) is 1. The van der Waals surface area contributed by atoms with Crippen molar-refractivity contribution in [1.29, 1.82) is 0 Å². The second-order valence-electron chi connectivity index (χ2n) is 4.81. The second kappa shape index (κ2) is 5.41. The molecule has 104 valence electrons. The summed E-state index contributed by atoms with van der Waals surface area (Å²) in [5.74, 6) is 0.233. The Hall–Kier alpha value is -2.23. The number of hydrogen-bond acceptors (Lipinski definition) is 4. The first-order valence-corrected chi connectivity index (χ1v) is 6.83. The van der Waals surface area contributed by atoms with Gasteiger partial charge in [-0.15, -0.1) is 0 Å². The number of para-hydroxylation sites is 1. The summed E-state index contributed by atoms with van der Waals surface area (Å²) in [5, 5.41) is 3.17. The van der Waals surface area contributed by atoms with Gasteiger partial charge in [-0.1, -0.05) is 24.3 Å². The molecule has 2 heterocycles. The van der Waals surface area contributed by atoms with E-state index in [4.69, 9.17) is 9.47 Å². The van der Waals surface area contributed by atoms with E-state index in [2.05, 4.69) is 5.32 Å². The molecule has 0 aliphatic carbocycles. The van der Waals surface area contributed by atoms with Gasteiger partial charge in [-0.25, -0.2) is 0 Å². The summed E-state index contributed by atoms with van der Waals surface area (Å²) in [7, 11) is 0. The molecule has 2 aliphatic heterocycles. The van der Waals surface area contributed by atoms with Crippen LogP contribution >= 0.6 is 0 Å². The molecule has 0 saturated carbocycles. The van der Waals surface area contributed by atoms with Crippen LogP contribution in [0.1, 0.15) is 24.8 Å². The van der Waals surface area contributed by atoms with Crippen molar-refractivity contribution in [3.05, 3.63) is 53.8 Å². The maximum Gasteiger partial charge on any atom is 0.313 e. The minimum absolute atomic E-state index is 0.195. The fourth-order valence-corrected chi connectivity index (χ4v) is 2.60. The van der Waals surface area contributed by atoms with Gasteiger partial charge in [0.25, 0.3) is 0 Å². The molecule has 0 spiro atoms. The fourth-order valence-electron chi connectivity index (χ4n) is 2.60. The Morgan fingerprint density at radius 3 is 3.15 bits per heavy atom. The molecule has 2 atom stereocenters. The lowest BCUT2D eigenvalue weighted by molar-refractivity contribution is -0.144. The van der Waals surface area contributed by atoms with Gasteiger partial charge < -0.3 is 14.8 Å². The van der Waals surface area contributed by atoms with E-state index in [1.165, 1.54) is 0 Å². The average Bonchev–Trinajstić information content (AvgIpc) is 2.64. The van der Waals surface area contributed by atoms with Crippen LogP contribution in [0.5, 0.6) is 5.75 Å². The molecule has 2 aliphatic rings. The Morgan fingerprint density at radius 2 is 2.30 bits per heavy atom. The lowest BCUT2D eigenvalue weighted by atomic mass is 9.91. The number of ether oxygens (including phenoxy) is 2. The summed E-state index contributed by atoms with van der Waals surface area (Å²) in [6.07, 6.45) is 6.17. The summed E-state index contributed by atoms with van der Waals surface area (Å²) in [5.41, 5.74) is 1.95. The molecule has 1 N–H and O–H groups in total. The van der Waals surface area contributed by atoms with Crippen molar-refractivity contribution in [2.24, 2.45) is 0 Å². The molecule has 0 aromatic heterocycles. The zero-order chi connectivity index (χ0) is 13.9. The van der Waals surface area contributed by atoms with Crippen molar-refractivity contribution >= 4 is 5.97 Å². The first-order chi connectivity index (χ1) is 9.79. The van der Waals surface area contributed by atoms with Gasteiger partial charge in [0, 0.05) is 5.56 Å². The summed E-state index contributed by atoms with van der Waals surface area (Å²) >= 11 is 0. The van der Waals surface area contributed by atoms with Gasteiger partial charge >= 0.3 is 5.97 Å². The van der Waals surface area contributed by atoms with Crippen LogP contribution in [0, 0.1) is 0 Å². The maximum atomic E-state index is 12.2. The number of benzene rings is 1. The van der Waals surface area contributed by atoms with Crippen molar-refractivity contribution < 1.29 is 14.3 Å². The number of esters is 1. The quantitative estimate of drug-likeness (QED) is 0.839. The Morgan fingerprint density at radius 1 is 1.45 bits per heavy atom. The third kappa shape index (κ3) is 2.29. The summed E-state index contributed by atoms with van der Waals surface area (Å²) in [6.45, 7) is 2.21. The fraction of sp³-hybridized carbons (Fsp3) is 0.312. The SMILES string of the molecule is CCOC(=O)C1CC2=CC=CNC2Oc2ccccc21. The minimum atomic E-state index is -0.310. The van der Waals surface area contributed by atoms with Crippen LogP contribution in [0.4, 0.5) is 0 Å². The molecule has 4 nitrogen and oxygen atoms in total. The predicted octanol–water partition coefficient (Wildman–Crippen LogP) is 2.49. The molecule has 20 heavy (non-hydrogen) atoms. The number of rotatable bonds is 2. The highest BCUT2D eigenvalue weighted by molar-refractivity contribution is 5.80. The van der Waals surface area contributed by atoms with E-state index in [9.17, 15) is 4.79 Å². The molecular formula is C16H17NO3. The smallest absolute Gasteiger partial charge is 0.313 e. The lowest BCUT2D eigenvalue weighted by Gasteiger charge is -2.22. The number of allylic oxidation sites excluding steroid dienone is 2. The summed E-state index contributed by atoms with van der Waals surface area (Å²) in [4.78, 5) is 12.2. The second-order valence-corrected chi connectivity index (χ2v) is 4.81. The molecule has 0 amide bonds. The van der Waals surface area contributed by atoms with Gasteiger partial charge in [-0.2, -0.15) is 0 Å². The van der Waals surface area contributed by atoms with Crippen LogP contribution in [0.15, 0.2) is 48.2 Å². The van der Waals surface area contributed by atoms with Crippen LogP contribution in [-0.2, 0) is 9.53 Å². The van der Waals surface area contributed by atoms with Gasteiger partial charge in [0.05, 0.1) is 12.5 Å². The highest BCUT2D eigenvalue weighted by Crippen LogP contribution is 2.37. The van der Waals surface area contributed by atoms with Crippen LogP contribution in [0.3, 0.4) is 0 Å². The van der Waals surface area contributed by atoms with Gasteiger partial charge in [0.15, 0.2) is 6.23 Å². The minimum Gasteiger partial charge on any atom is -0.467 e. The summed E-state index contributed by atoms with van der Waals surface area (Å²) in [6, 6.07) is 7.66. The number of fused-ring (bicyclic) bond motifs is 2. The molecule has 0 bridgehead atoms. The molecule has 0 saturated heterocycles. The van der Waals surface area contributed by atoms with E-state index >= 15 is 0 Å². The van der Waals surface area contributed by atoms with Gasteiger partial charge in [0.2, 0.25) is 0 Å². The normalized spacial score (nSPS) is 23.4. The first-order valence-electron chi connectivity index (χ1n) is 6.83. The highest BCUT2D eigenvalue weighted by atomic mass is 16.5. The maximum absolute atomic E-state index is 12.2. The van der Waals surface area contributed by atoms with E-state index in [0.29, 0.717) is 13.0 Å². The Balaban J connectivity index is 2.01. The van der Waals surface area contributed by atoms with Crippen molar-refractivity contribution in [3.63, 3.8) is 0 Å². The molecule has 0 fully saturated rings. The molecule has 1 aromatic carbocycles. The lowest BCUT2D eigenvalue weighted by Crippen LogP contribution is -2.33. The van der Waals surface area contributed by atoms with Crippen molar-refractivity contribution in [3.8, 4) is 5.75 Å². The Labute approximate surface area is 118 Å². The highest BCUT2D eigenvalue weighted by Gasteiger charge is 2.33. The molecule has 3 rings (SSSR count). The summed E-state index contributed by atoms with van der Waals surface area (Å²) < 4.78 is 11.2. The zero-order valence-corrected chi connectivity index (χ0v) is 11.3. The van der Waals surface area contributed by atoms with E-state index in [1.807, 2.05) is 49.5 Å². The van der Waals surface area contributed by atoms with Crippen LogP contribution in [0.25, 0.3) is 0 Å².